The van der Waals surface area contributed by atoms with Gasteiger partial charge in [-0.3, -0.25) is 4.79 Å². The summed E-state index contributed by atoms with van der Waals surface area (Å²) in [4.78, 5) is 18.7. The highest BCUT2D eigenvalue weighted by Gasteiger charge is 2.25. The Bertz CT molecular complexity index is 827. The summed E-state index contributed by atoms with van der Waals surface area (Å²) >= 11 is 1.29. The molecule has 0 bridgehead atoms. The highest BCUT2D eigenvalue weighted by Crippen LogP contribution is 2.26. The number of benzene rings is 1. The summed E-state index contributed by atoms with van der Waals surface area (Å²) in [6, 6.07) is 6.70. The molecule has 1 atom stereocenters. The number of thioether (sulfide) groups is 1. The van der Waals surface area contributed by atoms with E-state index in [9.17, 15) is 9.18 Å². The van der Waals surface area contributed by atoms with Gasteiger partial charge >= 0.3 is 0 Å². The molecule has 26 heavy (non-hydrogen) atoms. The van der Waals surface area contributed by atoms with Gasteiger partial charge in [-0.1, -0.05) is 28.1 Å². The van der Waals surface area contributed by atoms with E-state index in [1.54, 1.807) is 17.0 Å². The van der Waals surface area contributed by atoms with Gasteiger partial charge in [0.1, 0.15) is 18.2 Å². The predicted molar refractivity (Wildman–Crippen MR) is 97.1 cm³/mol. The van der Waals surface area contributed by atoms with Crippen molar-refractivity contribution in [3.05, 3.63) is 41.9 Å². The van der Waals surface area contributed by atoms with Gasteiger partial charge in [0, 0.05) is 30.3 Å². The minimum absolute atomic E-state index is 0.0655. The molecule has 1 N–H and O–H groups in total. The zero-order valence-corrected chi connectivity index (χ0v) is 14.7. The molecule has 0 radical (unpaired) electrons. The largest absolute Gasteiger partial charge is 0.390 e. The molecule has 0 amide bonds. The van der Waals surface area contributed by atoms with Gasteiger partial charge in [-0.15, -0.1) is 0 Å². The highest BCUT2D eigenvalue weighted by molar-refractivity contribution is 8.13. The minimum Gasteiger partial charge on any atom is -0.390 e. The van der Waals surface area contributed by atoms with Crippen LogP contribution >= 0.6 is 11.8 Å². The molecule has 4 rings (SSSR count). The maximum Gasteiger partial charge on any atom is 0.208 e. The molecule has 0 aliphatic carbocycles. The first kappa shape index (κ1) is 16.9. The van der Waals surface area contributed by atoms with Crippen molar-refractivity contribution in [2.45, 2.75) is 12.5 Å². The first-order valence-corrected chi connectivity index (χ1v) is 9.25. The molecule has 1 aromatic carbocycles. The van der Waals surface area contributed by atoms with Crippen molar-refractivity contribution in [3.8, 4) is 0 Å². The van der Waals surface area contributed by atoms with E-state index in [2.05, 4.69) is 15.6 Å². The van der Waals surface area contributed by atoms with Gasteiger partial charge in [0.2, 0.25) is 5.12 Å². The molecule has 9 heteroatoms. The minimum atomic E-state index is -0.353. The Morgan fingerprint density at radius 2 is 2.31 bits per heavy atom. The standard InChI is InChI=1S/C17H17FN4O3S/c18-13-7-11(1-2-15(13)22-4-6-26-17(23)10-22)14-8-12(25-20-14)9-19-16-3-5-24-21-16/h1-3,5,7,12H,4,6,8-10H2,(H,19,21). The Labute approximate surface area is 153 Å². The number of hydrogen-bond donors (Lipinski definition) is 1. The average molecular weight is 376 g/mol. The second-order valence-electron chi connectivity index (χ2n) is 6.04. The van der Waals surface area contributed by atoms with Crippen LogP contribution in [-0.2, 0) is 9.63 Å². The Morgan fingerprint density at radius 3 is 3.08 bits per heavy atom. The lowest BCUT2D eigenvalue weighted by Crippen LogP contribution is -2.36. The number of hydrogen-bond acceptors (Lipinski definition) is 8. The Kier molecular flexibility index (Phi) is 4.79. The molecular weight excluding hydrogens is 359 g/mol. The maximum atomic E-state index is 14.6. The second kappa shape index (κ2) is 7.36. The van der Waals surface area contributed by atoms with Crippen molar-refractivity contribution in [1.29, 1.82) is 0 Å². The molecular formula is C17H17FN4O3S. The summed E-state index contributed by atoms with van der Waals surface area (Å²) in [5, 5.41) is 11.0. The molecule has 2 aromatic rings. The van der Waals surface area contributed by atoms with Crippen LogP contribution in [-0.4, -0.2) is 47.5 Å². The third-order valence-corrected chi connectivity index (χ3v) is 5.09. The van der Waals surface area contributed by atoms with Gasteiger partial charge in [0.05, 0.1) is 24.5 Å². The Balaban J connectivity index is 1.39. The monoisotopic (exact) mass is 376 g/mol. The molecule has 2 aliphatic heterocycles. The Morgan fingerprint density at radius 1 is 1.38 bits per heavy atom. The van der Waals surface area contributed by atoms with Crippen LogP contribution < -0.4 is 10.2 Å². The molecule has 1 unspecified atom stereocenters. The van der Waals surface area contributed by atoms with Crippen LogP contribution in [0.2, 0.25) is 0 Å². The highest BCUT2D eigenvalue weighted by atomic mass is 32.2. The summed E-state index contributed by atoms with van der Waals surface area (Å²) in [6.45, 7) is 1.42. The van der Waals surface area contributed by atoms with Crippen LogP contribution in [0.5, 0.6) is 0 Å². The molecule has 1 fully saturated rings. The summed E-state index contributed by atoms with van der Waals surface area (Å²) in [6.07, 6.45) is 1.91. The normalized spacial score (nSPS) is 20.0. The van der Waals surface area contributed by atoms with Crippen molar-refractivity contribution in [2.24, 2.45) is 5.16 Å². The molecule has 0 saturated carbocycles. The lowest BCUT2D eigenvalue weighted by atomic mass is 10.0. The lowest BCUT2D eigenvalue weighted by molar-refractivity contribution is -0.110. The smallest absolute Gasteiger partial charge is 0.208 e. The predicted octanol–water partition coefficient (Wildman–Crippen LogP) is 2.50. The summed E-state index contributed by atoms with van der Waals surface area (Å²) in [7, 11) is 0. The number of halogens is 1. The van der Waals surface area contributed by atoms with Crippen LogP contribution in [0, 0.1) is 5.82 Å². The van der Waals surface area contributed by atoms with Gasteiger partial charge in [-0.05, 0) is 12.1 Å². The molecule has 1 saturated heterocycles. The molecule has 2 aliphatic rings. The summed E-state index contributed by atoms with van der Waals surface area (Å²) in [5.74, 6) is 0.960. The first-order valence-electron chi connectivity index (χ1n) is 8.26. The number of carbonyl (C=O) groups is 1. The van der Waals surface area contributed by atoms with Crippen LogP contribution in [0.4, 0.5) is 15.9 Å². The summed E-state index contributed by atoms with van der Waals surface area (Å²) < 4.78 is 19.3. The number of oxime groups is 1. The maximum absolute atomic E-state index is 14.6. The lowest BCUT2D eigenvalue weighted by Gasteiger charge is -2.27. The molecule has 0 spiro atoms. The summed E-state index contributed by atoms with van der Waals surface area (Å²) in [5.41, 5.74) is 1.84. The van der Waals surface area contributed by atoms with E-state index in [1.165, 1.54) is 24.1 Å². The third-order valence-electron chi connectivity index (χ3n) is 4.25. The number of carbonyl (C=O) groups excluding carboxylic acids is 1. The van der Waals surface area contributed by atoms with Gasteiger partial charge in [-0.25, -0.2) is 4.39 Å². The van der Waals surface area contributed by atoms with E-state index in [0.717, 1.165) is 0 Å². The topological polar surface area (TPSA) is 80.0 Å². The number of nitrogens with one attached hydrogen (secondary N) is 1. The first-order chi connectivity index (χ1) is 12.7. The number of nitrogens with zero attached hydrogens (tertiary/aromatic N) is 3. The number of aromatic nitrogens is 1. The van der Waals surface area contributed by atoms with E-state index < -0.39 is 0 Å². The second-order valence-corrected chi connectivity index (χ2v) is 7.20. The van der Waals surface area contributed by atoms with E-state index >= 15 is 0 Å². The van der Waals surface area contributed by atoms with E-state index in [0.29, 0.717) is 48.0 Å². The van der Waals surface area contributed by atoms with Crippen molar-refractivity contribution < 1.29 is 18.5 Å². The zero-order valence-electron chi connectivity index (χ0n) is 13.9. The van der Waals surface area contributed by atoms with E-state index in [4.69, 9.17) is 9.36 Å². The van der Waals surface area contributed by atoms with Gasteiger partial charge < -0.3 is 19.6 Å². The van der Waals surface area contributed by atoms with Gasteiger partial charge in [0.25, 0.3) is 0 Å². The number of rotatable bonds is 5. The van der Waals surface area contributed by atoms with Crippen molar-refractivity contribution in [1.82, 2.24) is 5.16 Å². The SMILES string of the molecule is O=C1CN(c2ccc(C3=NOC(CNc4ccon4)C3)cc2F)CCS1. The van der Waals surface area contributed by atoms with Crippen molar-refractivity contribution in [2.75, 3.05) is 35.6 Å². The van der Waals surface area contributed by atoms with Gasteiger partial charge in [0.15, 0.2) is 5.82 Å². The van der Waals surface area contributed by atoms with E-state index in [-0.39, 0.29) is 23.6 Å². The van der Waals surface area contributed by atoms with Crippen molar-refractivity contribution >= 4 is 34.1 Å². The van der Waals surface area contributed by atoms with Crippen LogP contribution in [0.3, 0.4) is 0 Å². The average Bonchev–Trinajstić information content (AvgIpc) is 3.32. The fourth-order valence-corrected chi connectivity index (χ4v) is 3.72. The number of anilines is 2. The van der Waals surface area contributed by atoms with Crippen LogP contribution in [0.1, 0.15) is 12.0 Å². The molecule has 1 aromatic heterocycles. The molecule has 3 heterocycles. The van der Waals surface area contributed by atoms with Crippen molar-refractivity contribution in [3.63, 3.8) is 0 Å². The quantitative estimate of drug-likeness (QED) is 0.859. The van der Waals surface area contributed by atoms with Crippen LogP contribution in [0.25, 0.3) is 0 Å². The zero-order chi connectivity index (χ0) is 17.9. The fourth-order valence-electron chi connectivity index (χ4n) is 2.93. The van der Waals surface area contributed by atoms with Gasteiger partial charge in [-0.2, -0.15) is 0 Å². The van der Waals surface area contributed by atoms with Crippen LogP contribution in [0.15, 0.2) is 40.2 Å². The fraction of sp³-hybridized carbons (Fsp3) is 0.353. The Hall–Kier alpha value is -2.55. The molecule has 7 nitrogen and oxygen atoms in total. The van der Waals surface area contributed by atoms with E-state index in [1.807, 2.05) is 6.07 Å². The third kappa shape index (κ3) is 3.67. The molecule has 136 valence electrons.